The molecule has 2 N–H and O–H groups in total. The normalized spacial score (nSPS) is 14.6. The molecule has 0 aliphatic carbocycles. The lowest BCUT2D eigenvalue weighted by atomic mass is 10.0. The lowest BCUT2D eigenvalue weighted by Gasteiger charge is -2.32. The summed E-state index contributed by atoms with van der Waals surface area (Å²) in [5.74, 6) is -0.169. The highest BCUT2D eigenvalue weighted by molar-refractivity contribution is 5.95. The maximum Gasteiger partial charge on any atom is 0.321 e. The summed E-state index contributed by atoms with van der Waals surface area (Å²) in [4.78, 5) is 31.1. The first kappa shape index (κ1) is 18.0. The zero-order valence-corrected chi connectivity index (χ0v) is 15.5. The summed E-state index contributed by atoms with van der Waals surface area (Å²) >= 11 is 0. The fraction of sp³-hybridized carbons (Fsp3) is 0.227. The van der Waals surface area contributed by atoms with Crippen LogP contribution in [-0.2, 0) is 0 Å². The van der Waals surface area contributed by atoms with Crippen molar-refractivity contribution in [3.63, 3.8) is 0 Å². The minimum absolute atomic E-state index is 0.0431. The van der Waals surface area contributed by atoms with Crippen LogP contribution in [0.15, 0.2) is 66.7 Å². The van der Waals surface area contributed by atoms with E-state index in [0.29, 0.717) is 18.8 Å². The Bertz CT molecular complexity index is 982. The predicted octanol–water partition coefficient (Wildman–Crippen LogP) is 3.66. The number of urea groups is 1. The molecule has 4 rings (SSSR count). The third kappa shape index (κ3) is 4.11. The summed E-state index contributed by atoms with van der Waals surface area (Å²) in [6.45, 7) is 1.21. The molecular weight excluding hydrogens is 352 g/mol. The quantitative estimate of drug-likeness (QED) is 0.735. The van der Waals surface area contributed by atoms with Crippen molar-refractivity contribution in [2.45, 2.75) is 18.9 Å². The van der Waals surface area contributed by atoms with Gasteiger partial charge in [0.15, 0.2) is 0 Å². The van der Waals surface area contributed by atoms with E-state index >= 15 is 0 Å². The van der Waals surface area contributed by atoms with Crippen LogP contribution >= 0.6 is 0 Å². The van der Waals surface area contributed by atoms with Gasteiger partial charge in [-0.25, -0.2) is 9.78 Å². The van der Waals surface area contributed by atoms with Crippen molar-refractivity contribution in [2.24, 2.45) is 0 Å². The van der Waals surface area contributed by atoms with E-state index in [1.807, 2.05) is 60.7 Å². The molecular formula is C22H22N4O2. The molecule has 2 heterocycles. The molecule has 0 saturated carbocycles. The van der Waals surface area contributed by atoms with Crippen molar-refractivity contribution < 1.29 is 9.59 Å². The second-order valence-corrected chi connectivity index (χ2v) is 6.92. The fourth-order valence-electron chi connectivity index (χ4n) is 3.40. The number of amides is 3. The van der Waals surface area contributed by atoms with E-state index in [2.05, 4.69) is 15.6 Å². The first-order chi connectivity index (χ1) is 13.7. The van der Waals surface area contributed by atoms with Crippen LogP contribution in [-0.4, -0.2) is 41.0 Å². The number of nitrogens with zero attached hydrogens (tertiary/aromatic N) is 2. The number of hydrogen-bond donors (Lipinski definition) is 2. The highest BCUT2D eigenvalue weighted by atomic mass is 16.2. The number of likely N-dealkylation sites (tertiary alicyclic amines) is 1. The van der Waals surface area contributed by atoms with Gasteiger partial charge in [0, 0.05) is 30.2 Å². The van der Waals surface area contributed by atoms with Gasteiger partial charge in [-0.15, -0.1) is 0 Å². The Morgan fingerprint density at radius 1 is 0.893 bits per heavy atom. The number of anilines is 1. The van der Waals surface area contributed by atoms with Crippen LogP contribution in [0.3, 0.4) is 0 Å². The van der Waals surface area contributed by atoms with E-state index in [-0.39, 0.29) is 18.0 Å². The second-order valence-electron chi connectivity index (χ2n) is 6.92. The van der Waals surface area contributed by atoms with Gasteiger partial charge < -0.3 is 15.5 Å². The third-order valence-electron chi connectivity index (χ3n) is 4.97. The number of rotatable bonds is 3. The number of nitrogens with one attached hydrogen (secondary N) is 2. The molecule has 6 nitrogen and oxygen atoms in total. The fourth-order valence-corrected chi connectivity index (χ4v) is 3.40. The smallest absolute Gasteiger partial charge is 0.321 e. The Labute approximate surface area is 163 Å². The molecule has 1 fully saturated rings. The Balaban J connectivity index is 1.31. The summed E-state index contributed by atoms with van der Waals surface area (Å²) in [5, 5.41) is 6.96. The number of fused-ring (bicyclic) bond motifs is 1. The van der Waals surface area contributed by atoms with E-state index in [9.17, 15) is 9.59 Å². The molecule has 1 aliphatic rings. The number of carbonyl (C=O) groups is 2. The van der Waals surface area contributed by atoms with E-state index in [4.69, 9.17) is 0 Å². The Kier molecular flexibility index (Phi) is 5.19. The minimum atomic E-state index is -0.169. The summed E-state index contributed by atoms with van der Waals surface area (Å²) in [7, 11) is 0. The molecule has 28 heavy (non-hydrogen) atoms. The molecule has 1 aromatic heterocycles. The Morgan fingerprint density at radius 3 is 2.39 bits per heavy atom. The van der Waals surface area contributed by atoms with Gasteiger partial charge in [0.25, 0.3) is 5.91 Å². The van der Waals surface area contributed by atoms with Crippen LogP contribution in [0.1, 0.15) is 23.3 Å². The van der Waals surface area contributed by atoms with Crippen molar-refractivity contribution >= 4 is 28.5 Å². The number of pyridine rings is 1. The van der Waals surface area contributed by atoms with Crippen molar-refractivity contribution in [3.8, 4) is 0 Å². The molecule has 142 valence electrons. The van der Waals surface area contributed by atoms with Gasteiger partial charge in [-0.2, -0.15) is 0 Å². The van der Waals surface area contributed by atoms with E-state index < -0.39 is 0 Å². The molecule has 1 aliphatic heterocycles. The maximum atomic E-state index is 12.5. The van der Waals surface area contributed by atoms with Gasteiger partial charge in [0.05, 0.1) is 5.52 Å². The van der Waals surface area contributed by atoms with Crippen LogP contribution in [0.2, 0.25) is 0 Å². The predicted molar refractivity (Wildman–Crippen MR) is 109 cm³/mol. The topological polar surface area (TPSA) is 74.3 Å². The molecule has 3 amide bonds. The van der Waals surface area contributed by atoms with Crippen LogP contribution in [0.4, 0.5) is 10.5 Å². The Hall–Kier alpha value is -3.41. The largest absolute Gasteiger partial charge is 0.348 e. The van der Waals surface area contributed by atoms with Crippen LogP contribution in [0, 0.1) is 0 Å². The SMILES string of the molecule is O=C(NC1CCN(C(=O)Nc2ccccc2)CC1)c1ccc2ccccc2n1. The van der Waals surface area contributed by atoms with Crippen LogP contribution < -0.4 is 10.6 Å². The van der Waals surface area contributed by atoms with Gasteiger partial charge >= 0.3 is 6.03 Å². The molecule has 0 unspecified atom stereocenters. The number of carbonyl (C=O) groups excluding carboxylic acids is 2. The lowest BCUT2D eigenvalue weighted by Crippen LogP contribution is -2.47. The second kappa shape index (κ2) is 8.08. The number of piperidine rings is 1. The van der Waals surface area contributed by atoms with Crippen LogP contribution in [0.25, 0.3) is 10.9 Å². The number of aromatic nitrogens is 1. The first-order valence-electron chi connectivity index (χ1n) is 9.47. The molecule has 0 atom stereocenters. The zero-order valence-electron chi connectivity index (χ0n) is 15.5. The number of para-hydroxylation sites is 2. The summed E-state index contributed by atoms with van der Waals surface area (Å²) in [6, 6.07) is 20.7. The van der Waals surface area contributed by atoms with Crippen molar-refractivity contribution in [1.82, 2.24) is 15.2 Å². The molecule has 0 radical (unpaired) electrons. The highest BCUT2D eigenvalue weighted by Gasteiger charge is 2.24. The third-order valence-corrected chi connectivity index (χ3v) is 4.97. The molecule has 3 aromatic rings. The molecule has 0 spiro atoms. The lowest BCUT2D eigenvalue weighted by molar-refractivity contribution is 0.0914. The molecule has 6 heteroatoms. The van der Waals surface area contributed by atoms with E-state index in [0.717, 1.165) is 29.4 Å². The van der Waals surface area contributed by atoms with Gasteiger partial charge in [-0.3, -0.25) is 4.79 Å². The minimum Gasteiger partial charge on any atom is -0.348 e. The summed E-state index contributed by atoms with van der Waals surface area (Å²) in [6.07, 6.45) is 1.45. The molecule has 2 aromatic carbocycles. The van der Waals surface area contributed by atoms with E-state index in [1.54, 1.807) is 11.0 Å². The summed E-state index contributed by atoms with van der Waals surface area (Å²) in [5.41, 5.74) is 2.01. The highest BCUT2D eigenvalue weighted by Crippen LogP contribution is 2.15. The van der Waals surface area contributed by atoms with Gasteiger partial charge in [0.1, 0.15) is 5.69 Å². The van der Waals surface area contributed by atoms with Crippen LogP contribution in [0.5, 0.6) is 0 Å². The Morgan fingerprint density at radius 2 is 1.61 bits per heavy atom. The first-order valence-corrected chi connectivity index (χ1v) is 9.47. The molecule has 1 saturated heterocycles. The van der Waals surface area contributed by atoms with Gasteiger partial charge in [-0.05, 0) is 37.1 Å². The average Bonchev–Trinajstić information content (AvgIpc) is 2.74. The standard InChI is InChI=1S/C22H22N4O2/c27-21(20-11-10-16-6-4-5-9-19(16)25-20)23-18-12-14-26(15-13-18)22(28)24-17-7-2-1-3-8-17/h1-11,18H,12-15H2,(H,23,27)(H,24,28). The van der Waals surface area contributed by atoms with Crippen molar-refractivity contribution in [1.29, 1.82) is 0 Å². The van der Waals surface area contributed by atoms with Gasteiger partial charge in [-0.1, -0.05) is 42.5 Å². The zero-order chi connectivity index (χ0) is 19.3. The maximum absolute atomic E-state index is 12.5. The molecule has 0 bridgehead atoms. The van der Waals surface area contributed by atoms with Crippen molar-refractivity contribution in [2.75, 3.05) is 18.4 Å². The average molecular weight is 374 g/mol. The summed E-state index contributed by atoms with van der Waals surface area (Å²) < 4.78 is 0. The van der Waals surface area contributed by atoms with E-state index in [1.165, 1.54) is 0 Å². The monoisotopic (exact) mass is 374 g/mol. The number of benzene rings is 2. The number of hydrogen-bond acceptors (Lipinski definition) is 3. The van der Waals surface area contributed by atoms with Gasteiger partial charge in [0.2, 0.25) is 0 Å². The van der Waals surface area contributed by atoms with Crippen molar-refractivity contribution in [3.05, 3.63) is 72.4 Å².